The molecule has 1 aliphatic rings. The van der Waals surface area contributed by atoms with Crippen LogP contribution in [-0.2, 0) is 28.0 Å². The van der Waals surface area contributed by atoms with E-state index in [2.05, 4.69) is 14.7 Å². The summed E-state index contributed by atoms with van der Waals surface area (Å²) in [4.78, 5) is 8.21. The number of ether oxygens (including phenoxy) is 1. The number of nitrogens with one attached hydrogen (secondary N) is 1. The topological polar surface area (TPSA) is 107 Å². The smallest absolute Gasteiger partial charge is 0.264 e. The van der Waals surface area contributed by atoms with Gasteiger partial charge in [0.15, 0.2) is 0 Å². The number of sulfonamides is 1. The zero-order valence-corrected chi connectivity index (χ0v) is 11.2. The van der Waals surface area contributed by atoms with E-state index in [0.29, 0.717) is 24.6 Å². The highest BCUT2D eigenvalue weighted by molar-refractivity contribution is 7.92. The van der Waals surface area contributed by atoms with Crippen molar-refractivity contribution >= 4 is 21.7 Å². The van der Waals surface area contributed by atoms with E-state index in [4.69, 9.17) is 10.5 Å². The van der Waals surface area contributed by atoms with Crippen molar-refractivity contribution in [3.05, 3.63) is 41.7 Å². The number of nitrogens with zero attached hydrogens (tertiary/aromatic N) is 2. The number of benzene rings is 1. The van der Waals surface area contributed by atoms with E-state index in [1.165, 1.54) is 24.3 Å². The van der Waals surface area contributed by atoms with Crippen LogP contribution in [0.2, 0.25) is 0 Å². The van der Waals surface area contributed by atoms with Gasteiger partial charge in [0.05, 0.1) is 23.8 Å². The SMILES string of the molecule is Nc1ccc(S(=O)(=O)Nc2ncc3c(n2)COC3)cc1. The first kappa shape index (κ1) is 12.8. The average Bonchev–Trinajstić information content (AvgIpc) is 2.86. The second-order valence-electron chi connectivity index (χ2n) is 4.33. The van der Waals surface area contributed by atoms with Gasteiger partial charge in [-0.2, -0.15) is 0 Å². The summed E-state index contributed by atoms with van der Waals surface area (Å²) in [6.45, 7) is 0.828. The van der Waals surface area contributed by atoms with Crippen LogP contribution in [0, 0.1) is 0 Å². The van der Waals surface area contributed by atoms with Crippen LogP contribution >= 0.6 is 0 Å². The Kier molecular flexibility index (Phi) is 3.03. The minimum absolute atomic E-state index is 0.0334. The van der Waals surface area contributed by atoms with Gasteiger partial charge in [-0.05, 0) is 24.3 Å². The molecule has 1 aliphatic heterocycles. The molecule has 2 heterocycles. The van der Waals surface area contributed by atoms with E-state index in [-0.39, 0.29) is 10.8 Å². The number of nitrogen functional groups attached to an aromatic ring is 1. The molecule has 3 N–H and O–H groups in total. The van der Waals surface area contributed by atoms with Crippen LogP contribution in [0.1, 0.15) is 11.3 Å². The summed E-state index contributed by atoms with van der Waals surface area (Å²) in [7, 11) is -3.72. The molecule has 0 saturated heterocycles. The lowest BCUT2D eigenvalue weighted by Gasteiger charge is -2.07. The molecule has 20 heavy (non-hydrogen) atoms. The first-order chi connectivity index (χ1) is 9.54. The molecule has 0 bridgehead atoms. The second-order valence-corrected chi connectivity index (χ2v) is 6.02. The Morgan fingerprint density at radius 2 is 1.95 bits per heavy atom. The van der Waals surface area contributed by atoms with Crippen molar-refractivity contribution in [2.75, 3.05) is 10.5 Å². The van der Waals surface area contributed by atoms with Crippen LogP contribution in [0.4, 0.5) is 11.6 Å². The lowest BCUT2D eigenvalue weighted by atomic mass is 10.3. The van der Waals surface area contributed by atoms with E-state index in [1.807, 2.05) is 0 Å². The molecule has 8 heteroatoms. The van der Waals surface area contributed by atoms with E-state index in [1.54, 1.807) is 6.20 Å². The maximum Gasteiger partial charge on any atom is 0.264 e. The van der Waals surface area contributed by atoms with E-state index < -0.39 is 10.0 Å². The molecule has 0 unspecified atom stereocenters. The molecule has 0 amide bonds. The maximum absolute atomic E-state index is 12.1. The lowest BCUT2D eigenvalue weighted by molar-refractivity contribution is 0.133. The number of aromatic nitrogens is 2. The third kappa shape index (κ3) is 2.43. The lowest BCUT2D eigenvalue weighted by Crippen LogP contribution is -2.15. The van der Waals surface area contributed by atoms with Gasteiger partial charge in [-0.1, -0.05) is 0 Å². The Balaban J connectivity index is 1.88. The number of hydrogen-bond donors (Lipinski definition) is 2. The minimum atomic E-state index is -3.72. The summed E-state index contributed by atoms with van der Waals surface area (Å²) in [5, 5.41) is 0. The molecule has 0 atom stereocenters. The van der Waals surface area contributed by atoms with Gasteiger partial charge in [0.25, 0.3) is 10.0 Å². The van der Waals surface area contributed by atoms with Crippen molar-refractivity contribution in [3.8, 4) is 0 Å². The zero-order valence-electron chi connectivity index (χ0n) is 10.4. The molecule has 7 nitrogen and oxygen atoms in total. The number of anilines is 2. The standard InChI is InChI=1S/C12H12N4O3S/c13-9-1-3-10(4-2-9)20(17,18)16-12-14-5-8-6-19-7-11(8)15-12/h1-5H,6-7,13H2,(H,14,15,16). The van der Waals surface area contributed by atoms with Gasteiger partial charge in [0.2, 0.25) is 5.95 Å². The number of hydrogen-bond acceptors (Lipinski definition) is 6. The van der Waals surface area contributed by atoms with Crippen LogP contribution in [0.25, 0.3) is 0 Å². The third-order valence-electron chi connectivity index (χ3n) is 2.87. The molecule has 1 aromatic carbocycles. The van der Waals surface area contributed by atoms with Crippen LogP contribution < -0.4 is 10.5 Å². The van der Waals surface area contributed by atoms with Crippen molar-refractivity contribution < 1.29 is 13.2 Å². The van der Waals surface area contributed by atoms with Crippen LogP contribution in [0.3, 0.4) is 0 Å². The molecule has 0 aliphatic carbocycles. The van der Waals surface area contributed by atoms with Crippen molar-refractivity contribution in [2.45, 2.75) is 18.1 Å². The van der Waals surface area contributed by atoms with Gasteiger partial charge in [-0.15, -0.1) is 0 Å². The molecule has 1 aromatic heterocycles. The van der Waals surface area contributed by atoms with E-state index in [0.717, 1.165) is 5.56 Å². The molecule has 3 rings (SSSR count). The maximum atomic E-state index is 12.1. The Hall–Kier alpha value is -2.19. The van der Waals surface area contributed by atoms with Crippen molar-refractivity contribution in [2.24, 2.45) is 0 Å². The van der Waals surface area contributed by atoms with Gasteiger partial charge in [-0.3, -0.25) is 0 Å². The van der Waals surface area contributed by atoms with Gasteiger partial charge in [-0.25, -0.2) is 23.1 Å². The quantitative estimate of drug-likeness (QED) is 0.813. The number of nitrogens with two attached hydrogens (primary N) is 1. The monoisotopic (exact) mass is 292 g/mol. The first-order valence-corrected chi connectivity index (χ1v) is 7.34. The summed E-state index contributed by atoms with van der Waals surface area (Å²) in [5.74, 6) is 0.0334. The van der Waals surface area contributed by atoms with Crippen LogP contribution in [-0.4, -0.2) is 18.4 Å². The van der Waals surface area contributed by atoms with Gasteiger partial charge >= 0.3 is 0 Å². The molecule has 2 aromatic rings. The fourth-order valence-electron chi connectivity index (χ4n) is 1.82. The Bertz CT molecular complexity index is 744. The molecule has 0 radical (unpaired) electrons. The summed E-state index contributed by atoms with van der Waals surface area (Å²) in [6.07, 6.45) is 1.57. The van der Waals surface area contributed by atoms with Gasteiger partial charge in [0, 0.05) is 17.4 Å². The van der Waals surface area contributed by atoms with Crippen LogP contribution in [0.5, 0.6) is 0 Å². The predicted molar refractivity (Wildman–Crippen MR) is 72.2 cm³/mol. The van der Waals surface area contributed by atoms with E-state index in [9.17, 15) is 8.42 Å². The number of fused-ring (bicyclic) bond motifs is 1. The molecule has 104 valence electrons. The third-order valence-corrected chi connectivity index (χ3v) is 4.21. The van der Waals surface area contributed by atoms with Crippen molar-refractivity contribution in [1.82, 2.24) is 9.97 Å². The van der Waals surface area contributed by atoms with Crippen molar-refractivity contribution in [1.29, 1.82) is 0 Å². The zero-order chi connectivity index (χ0) is 14.2. The molecule has 0 spiro atoms. The number of rotatable bonds is 3. The molecule has 0 saturated carbocycles. The minimum Gasteiger partial charge on any atom is -0.399 e. The second kappa shape index (κ2) is 4.73. The molecular weight excluding hydrogens is 280 g/mol. The van der Waals surface area contributed by atoms with E-state index >= 15 is 0 Å². The summed E-state index contributed by atoms with van der Waals surface area (Å²) in [6, 6.07) is 5.89. The van der Waals surface area contributed by atoms with Crippen molar-refractivity contribution in [3.63, 3.8) is 0 Å². The highest BCUT2D eigenvalue weighted by atomic mass is 32.2. The average molecular weight is 292 g/mol. The van der Waals surface area contributed by atoms with Gasteiger partial charge < -0.3 is 10.5 Å². The fourth-order valence-corrected chi connectivity index (χ4v) is 2.77. The summed E-state index contributed by atoms with van der Waals surface area (Å²) < 4.78 is 31.8. The highest BCUT2D eigenvalue weighted by Gasteiger charge is 2.18. The molecular formula is C12H12N4O3S. The largest absolute Gasteiger partial charge is 0.399 e. The van der Waals surface area contributed by atoms with Crippen LogP contribution in [0.15, 0.2) is 35.4 Å². The Morgan fingerprint density at radius 1 is 1.20 bits per heavy atom. The van der Waals surface area contributed by atoms with Gasteiger partial charge in [0.1, 0.15) is 0 Å². The predicted octanol–water partition coefficient (Wildman–Crippen LogP) is 0.890. The fraction of sp³-hybridized carbons (Fsp3) is 0.167. The summed E-state index contributed by atoms with van der Waals surface area (Å²) in [5.41, 5.74) is 7.60. The Morgan fingerprint density at radius 3 is 2.70 bits per heavy atom. The Labute approximate surface area is 115 Å². The normalized spacial score (nSPS) is 14.0. The first-order valence-electron chi connectivity index (χ1n) is 5.85. The highest BCUT2D eigenvalue weighted by Crippen LogP contribution is 2.19. The summed E-state index contributed by atoms with van der Waals surface area (Å²) >= 11 is 0. The molecule has 0 fully saturated rings.